The molecule has 1 saturated heterocycles. The fourth-order valence-corrected chi connectivity index (χ4v) is 3.30. The molecule has 3 nitrogen and oxygen atoms in total. The highest BCUT2D eigenvalue weighted by Gasteiger charge is 2.32. The maximum atomic E-state index is 5.46. The molecule has 0 amide bonds. The van der Waals surface area contributed by atoms with Gasteiger partial charge in [-0.05, 0) is 38.8 Å². The highest BCUT2D eigenvalue weighted by molar-refractivity contribution is 4.88. The number of piperidine rings is 1. The number of ether oxygens (including phenoxy) is 1. The second-order valence-electron chi connectivity index (χ2n) is 5.90. The summed E-state index contributed by atoms with van der Waals surface area (Å²) in [5.41, 5.74) is 0.386. The van der Waals surface area contributed by atoms with Gasteiger partial charge in [-0.25, -0.2) is 0 Å². The molecule has 0 unspecified atom stereocenters. The summed E-state index contributed by atoms with van der Waals surface area (Å²) in [5.74, 6) is 0. The molecular formula is C14H28N2O. The van der Waals surface area contributed by atoms with Crippen LogP contribution in [0.1, 0.15) is 44.9 Å². The summed E-state index contributed by atoms with van der Waals surface area (Å²) >= 11 is 0. The summed E-state index contributed by atoms with van der Waals surface area (Å²) in [6.07, 6.45) is 9.52. The first kappa shape index (κ1) is 13.3. The summed E-state index contributed by atoms with van der Waals surface area (Å²) in [4.78, 5) is 0. The molecule has 2 rings (SSSR count). The number of methoxy groups -OCH3 is 1. The van der Waals surface area contributed by atoms with Crippen LogP contribution in [0.4, 0.5) is 0 Å². The molecule has 100 valence electrons. The van der Waals surface area contributed by atoms with Crippen LogP contribution >= 0.6 is 0 Å². The average Bonchev–Trinajstić information content (AvgIpc) is 2.39. The summed E-state index contributed by atoms with van der Waals surface area (Å²) in [7, 11) is 1.84. The lowest BCUT2D eigenvalue weighted by Crippen LogP contribution is -2.48. The van der Waals surface area contributed by atoms with Gasteiger partial charge in [-0.2, -0.15) is 0 Å². The van der Waals surface area contributed by atoms with Gasteiger partial charge in [-0.3, -0.25) is 0 Å². The molecule has 0 radical (unpaired) electrons. The first-order valence-electron chi connectivity index (χ1n) is 7.28. The van der Waals surface area contributed by atoms with Crippen LogP contribution in [0, 0.1) is 5.41 Å². The maximum absolute atomic E-state index is 5.46. The van der Waals surface area contributed by atoms with Crippen molar-refractivity contribution in [3.05, 3.63) is 0 Å². The van der Waals surface area contributed by atoms with Crippen LogP contribution in [0.15, 0.2) is 0 Å². The van der Waals surface area contributed by atoms with E-state index < -0.39 is 0 Å². The van der Waals surface area contributed by atoms with Gasteiger partial charge < -0.3 is 15.4 Å². The molecule has 1 heterocycles. The molecule has 1 saturated carbocycles. The molecular weight excluding hydrogens is 212 g/mol. The fourth-order valence-electron chi connectivity index (χ4n) is 3.30. The van der Waals surface area contributed by atoms with Crippen LogP contribution < -0.4 is 10.6 Å². The highest BCUT2D eigenvalue weighted by atomic mass is 16.5. The van der Waals surface area contributed by atoms with E-state index in [0.29, 0.717) is 5.41 Å². The fraction of sp³-hybridized carbons (Fsp3) is 1.00. The van der Waals surface area contributed by atoms with Gasteiger partial charge in [-0.1, -0.05) is 19.3 Å². The normalized spacial score (nSPS) is 25.9. The van der Waals surface area contributed by atoms with Gasteiger partial charge in [0.15, 0.2) is 0 Å². The van der Waals surface area contributed by atoms with E-state index in [4.69, 9.17) is 4.74 Å². The van der Waals surface area contributed by atoms with E-state index in [1.165, 1.54) is 44.9 Å². The van der Waals surface area contributed by atoms with Crippen LogP contribution in [0.25, 0.3) is 0 Å². The van der Waals surface area contributed by atoms with Crippen molar-refractivity contribution in [1.82, 2.24) is 10.6 Å². The molecule has 2 N–H and O–H groups in total. The Bertz CT molecular complexity index is 203. The van der Waals surface area contributed by atoms with Gasteiger partial charge in [-0.15, -0.1) is 0 Å². The van der Waals surface area contributed by atoms with Crippen LogP contribution in [-0.4, -0.2) is 39.4 Å². The smallest absolute Gasteiger partial charge is 0.0531 e. The van der Waals surface area contributed by atoms with E-state index in [-0.39, 0.29) is 0 Å². The van der Waals surface area contributed by atoms with Crippen molar-refractivity contribution in [3.8, 4) is 0 Å². The zero-order chi connectivity index (χ0) is 12.0. The number of nitrogens with one attached hydrogen (secondary N) is 2. The predicted octanol–water partition coefficient (Wildman–Crippen LogP) is 1.92. The van der Waals surface area contributed by atoms with Gasteiger partial charge in [0.05, 0.1) is 6.61 Å². The van der Waals surface area contributed by atoms with Crippen LogP contribution in [0.2, 0.25) is 0 Å². The van der Waals surface area contributed by atoms with E-state index in [9.17, 15) is 0 Å². The lowest BCUT2D eigenvalue weighted by molar-refractivity contribution is 0.0503. The third kappa shape index (κ3) is 3.94. The zero-order valence-electron chi connectivity index (χ0n) is 11.3. The Hall–Kier alpha value is -0.120. The Kier molecular flexibility index (Phi) is 5.26. The van der Waals surface area contributed by atoms with E-state index in [1.54, 1.807) is 0 Å². The second kappa shape index (κ2) is 6.72. The lowest BCUT2D eigenvalue weighted by atomic mass is 9.79. The van der Waals surface area contributed by atoms with Crippen LogP contribution in [0.3, 0.4) is 0 Å². The quantitative estimate of drug-likeness (QED) is 0.770. The molecule has 0 bridgehead atoms. The molecule has 2 fully saturated rings. The molecule has 3 heteroatoms. The summed E-state index contributed by atoms with van der Waals surface area (Å²) in [6.45, 7) is 4.35. The molecule has 0 atom stereocenters. The number of rotatable bonds is 5. The number of hydrogen-bond acceptors (Lipinski definition) is 3. The lowest BCUT2D eigenvalue weighted by Gasteiger charge is -2.39. The Morgan fingerprint density at radius 2 is 1.88 bits per heavy atom. The third-order valence-corrected chi connectivity index (χ3v) is 4.49. The van der Waals surface area contributed by atoms with E-state index in [0.717, 1.165) is 32.3 Å². The summed E-state index contributed by atoms with van der Waals surface area (Å²) < 4.78 is 5.46. The highest BCUT2D eigenvalue weighted by Crippen LogP contribution is 2.29. The molecule has 2 aliphatic rings. The molecule has 1 aliphatic heterocycles. The first-order valence-corrected chi connectivity index (χ1v) is 7.28. The van der Waals surface area contributed by atoms with Gasteiger partial charge in [0.25, 0.3) is 0 Å². The zero-order valence-corrected chi connectivity index (χ0v) is 11.3. The SMILES string of the molecule is COCC1(CNC2CCCCC2)CCNCC1. The van der Waals surface area contributed by atoms with Crippen LogP contribution in [0.5, 0.6) is 0 Å². The van der Waals surface area contributed by atoms with Crippen molar-refractivity contribution in [1.29, 1.82) is 0 Å². The van der Waals surface area contributed by atoms with Gasteiger partial charge >= 0.3 is 0 Å². The van der Waals surface area contributed by atoms with Gasteiger partial charge in [0.2, 0.25) is 0 Å². The Morgan fingerprint density at radius 1 is 1.18 bits per heavy atom. The van der Waals surface area contributed by atoms with Gasteiger partial charge in [0.1, 0.15) is 0 Å². The first-order chi connectivity index (χ1) is 8.35. The van der Waals surface area contributed by atoms with Crippen molar-refractivity contribution in [2.24, 2.45) is 5.41 Å². The minimum Gasteiger partial charge on any atom is -0.384 e. The topological polar surface area (TPSA) is 33.3 Å². The standard InChI is InChI=1S/C14H28N2O/c1-17-12-14(7-9-15-10-8-14)11-16-13-5-3-2-4-6-13/h13,15-16H,2-12H2,1H3. The summed E-state index contributed by atoms with van der Waals surface area (Å²) in [5, 5.41) is 7.26. The second-order valence-corrected chi connectivity index (χ2v) is 5.90. The van der Waals surface area contributed by atoms with Crippen molar-refractivity contribution in [2.75, 3.05) is 33.4 Å². The largest absolute Gasteiger partial charge is 0.384 e. The van der Waals surface area contributed by atoms with Crippen molar-refractivity contribution < 1.29 is 4.74 Å². The molecule has 0 spiro atoms. The Labute approximate surface area is 106 Å². The summed E-state index contributed by atoms with van der Waals surface area (Å²) in [6, 6.07) is 0.771. The van der Waals surface area contributed by atoms with Crippen molar-refractivity contribution in [2.45, 2.75) is 51.0 Å². The average molecular weight is 240 g/mol. The van der Waals surface area contributed by atoms with E-state index >= 15 is 0 Å². The molecule has 1 aliphatic carbocycles. The molecule has 0 aromatic rings. The van der Waals surface area contributed by atoms with E-state index in [2.05, 4.69) is 10.6 Å². The number of hydrogen-bond donors (Lipinski definition) is 2. The Balaban J connectivity index is 1.79. The monoisotopic (exact) mass is 240 g/mol. The molecule has 17 heavy (non-hydrogen) atoms. The van der Waals surface area contributed by atoms with Gasteiger partial charge in [0, 0.05) is 25.1 Å². The van der Waals surface area contributed by atoms with E-state index in [1.807, 2.05) is 7.11 Å². The molecule has 0 aromatic carbocycles. The minimum absolute atomic E-state index is 0.386. The minimum atomic E-state index is 0.386. The third-order valence-electron chi connectivity index (χ3n) is 4.49. The Morgan fingerprint density at radius 3 is 2.53 bits per heavy atom. The van der Waals surface area contributed by atoms with Crippen molar-refractivity contribution >= 4 is 0 Å². The molecule has 0 aromatic heterocycles. The van der Waals surface area contributed by atoms with Crippen molar-refractivity contribution in [3.63, 3.8) is 0 Å². The van der Waals surface area contributed by atoms with Crippen LogP contribution in [-0.2, 0) is 4.74 Å². The predicted molar refractivity (Wildman–Crippen MR) is 71.3 cm³/mol. The maximum Gasteiger partial charge on any atom is 0.0531 e.